The lowest BCUT2D eigenvalue weighted by Gasteiger charge is -2.46. The van der Waals surface area contributed by atoms with E-state index in [0.717, 1.165) is 124 Å². The summed E-state index contributed by atoms with van der Waals surface area (Å²) in [5.41, 5.74) is 32.1. The normalized spacial score (nSPS) is 12.8. The van der Waals surface area contributed by atoms with Gasteiger partial charge in [0.15, 0.2) is 0 Å². The number of hydrogen-bond donors (Lipinski definition) is 0. The Bertz CT molecular complexity index is 6160. The van der Waals surface area contributed by atoms with Gasteiger partial charge in [0.1, 0.15) is 0 Å². The first-order valence-corrected chi connectivity index (χ1v) is 37.0. The summed E-state index contributed by atoms with van der Waals surface area (Å²) in [7, 11) is 0. The van der Waals surface area contributed by atoms with Crippen LogP contribution in [0.15, 0.2) is 398 Å². The van der Waals surface area contributed by atoms with Gasteiger partial charge in [-0.3, -0.25) is 0 Å². The minimum Gasteiger partial charge on any atom is -0.311 e. The van der Waals surface area contributed by atoms with Crippen molar-refractivity contribution in [3.05, 3.63) is 388 Å². The standard InChI is InChI=1S/C96H64B2N6S/c1-7-33-65(34-8-1)73-45-19-25-51-81(73)100(69-41-15-5-16-42-69)72-61-92-96-94(62-72)105-93-64-89-79(63-80(93)98(96)78-50-24-30-56-86(78)103(92)82-52-26-20-46-74(82)66-35-9-2-10-36-66)97-77-49-23-29-55-85(77)101(70-43-17-6-18-44-70)90-59-71(99(67-37-11-3-12-38-67)68-39-13-4-14-40-68)60-91(95(90)97)104(89)88-58-32-31-57-87(88)102-83-53-27-21-47-75(83)76-48-22-28-54-84(76)102/h1-64H. The highest BCUT2D eigenvalue weighted by Crippen LogP contribution is 2.54. The smallest absolute Gasteiger partial charge is 0.252 e. The molecule has 0 atom stereocenters. The monoisotopic (exact) mass is 1350 g/mol. The Morgan fingerprint density at radius 3 is 1.27 bits per heavy atom. The van der Waals surface area contributed by atoms with E-state index >= 15 is 0 Å². The molecule has 1 aromatic heterocycles. The molecule has 5 heterocycles. The van der Waals surface area contributed by atoms with Crippen molar-refractivity contribution in [2.75, 3.05) is 24.5 Å². The van der Waals surface area contributed by atoms with E-state index in [1.807, 2.05) is 11.8 Å². The van der Waals surface area contributed by atoms with Crippen LogP contribution in [-0.4, -0.2) is 18.0 Å². The van der Waals surface area contributed by atoms with Crippen molar-refractivity contribution in [2.45, 2.75) is 9.79 Å². The third kappa shape index (κ3) is 9.69. The zero-order valence-corrected chi connectivity index (χ0v) is 58.0. The van der Waals surface area contributed by atoms with Gasteiger partial charge in [0.05, 0.1) is 39.5 Å². The molecule has 6 nitrogen and oxygen atoms in total. The highest BCUT2D eigenvalue weighted by molar-refractivity contribution is 8.00. The summed E-state index contributed by atoms with van der Waals surface area (Å²) < 4.78 is 2.51. The summed E-state index contributed by atoms with van der Waals surface area (Å²) in [6.45, 7) is -0.375. The number of aromatic nitrogens is 1. The fourth-order valence-electron chi connectivity index (χ4n) is 17.4. The van der Waals surface area contributed by atoms with Crippen LogP contribution >= 0.6 is 11.8 Å². The van der Waals surface area contributed by atoms with Crippen molar-refractivity contribution in [3.63, 3.8) is 0 Å². The molecule has 490 valence electrons. The Balaban J connectivity index is 0.875. The number of para-hydroxylation sites is 12. The van der Waals surface area contributed by atoms with Gasteiger partial charge in [-0.15, -0.1) is 0 Å². The number of fused-ring (bicyclic) bond motifs is 11. The minimum atomic E-state index is -0.204. The zero-order valence-electron chi connectivity index (χ0n) is 57.2. The van der Waals surface area contributed by atoms with E-state index in [1.54, 1.807) is 0 Å². The van der Waals surface area contributed by atoms with E-state index in [1.165, 1.54) is 53.3 Å². The maximum atomic E-state index is 2.66. The molecule has 0 radical (unpaired) electrons. The van der Waals surface area contributed by atoms with Gasteiger partial charge in [-0.1, -0.05) is 278 Å². The van der Waals surface area contributed by atoms with Gasteiger partial charge < -0.3 is 29.1 Å². The molecule has 4 aliphatic rings. The maximum Gasteiger partial charge on any atom is 0.252 e. The van der Waals surface area contributed by atoms with Crippen LogP contribution in [0.3, 0.4) is 0 Å². The van der Waals surface area contributed by atoms with Crippen molar-refractivity contribution in [1.29, 1.82) is 0 Å². The SMILES string of the molecule is c1ccc(-c2ccccc2N(c2ccccc2)c2cc3c4c(c2)N(c2ccccc2-c2ccccc2)c2ccccc2B4c2cc4c(cc2S3)N(c2ccccc2-n2c3ccccc3c3ccccc32)c2cc(N(c3ccccc3)c3ccccc3)cc3c2B4c2ccccc2N3c2ccccc2)cc1. The molecule has 0 saturated carbocycles. The van der Waals surface area contributed by atoms with Crippen molar-refractivity contribution in [3.8, 4) is 27.9 Å². The number of nitrogens with zero attached hydrogens (tertiary/aromatic N) is 6. The van der Waals surface area contributed by atoms with Crippen LogP contribution in [0.25, 0.3) is 49.7 Å². The molecule has 21 rings (SSSR count). The van der Waals surface area contributed by atoms with Crippen molar-refractivity contribution in [2.24, 2.45) is 0 Å². The van der Waals surface area contributed by atoms with Crippen LogP contribution in [-0.2, 0) is 0 Å². The summed E-state index contributed by atoms with van der Waals surface area (Å²) in [5, 5.41) is 2.43. The molecule has 0 N–H and O–H groups in total. The topological polar surface area (TPSA) is 21.1 Å². The van der Waals surface area contributed by atoms with Crippen molar-refractivity contribution in [1.82, 2.24) is 4.57 Å². The summed E-state index contributed by atoms with van der Waals surface area (Å²) in [6.07, 6.45) is 0. The summed E-state index contributed by atoms with van der Waals surface area (Å²) in [4.78, 5) is 15.1. The van der Waals surface area contributed by atoms with E-state index in [4.69, 9.17) is 0 Å². The predicted octanol–water partition coefficient (Wildman–Crippen LogP) is 21.9. The number of anilines is 15. The largest absolute Gasteiger partial charge is 0.311 e. The number of rotatable bonds is 12. The Morgan fingerprint density at radius 2 is 0.657 bits per heavy atom. The second-order valence-corrected chi connectivity index (χ2v) is 28.5. The highest BCUT2D eigenvalue weighted by atomic mass is 32.2. The Kier molecular flexibility index (Phi) is 14.3. The summed E-state index contributed by atoms with van der Waals surface area (Å²) in [5.74, 6) is 0. The van der Waals surface area contributed by atoms with Gasteiger partial charge in [-0.2, -0.15) is 0 Å². The molecule has 16 aromatic carbocycles. The number of hydrogen-bond acceptors (Lipinski definition) is 6. The van der Waals surface area contributed by atoms with Gasteiger partial charge >= 0.3 is 0 Å². The van der Waals surface area contributed by atoms with Gasteiger partial charge in [0, 0.05) is 94.3 Å². The van der Waals surface area contributed by atoms with Crippen LogP contribution in [0.2, 0.25) is 0 Å². The molecular formula is C96H64B2N6S. The third-order valence-corrected chi connectivity index (χ3v) is 22.9. The molecule has 0 unspecified atom stereocenters. The molecule has 9 heteroatoms. The second kappa shape index (κ2) is 24.8. The molecular weight excluding hydrogens is 1290 g/mol. The molecule has 0 spiro atoms. The Hall–Kier alpha value is -13.2. The van der Waals surface area contributed by atoms with Gasteiger partial charge in [-0.25, -0.2) is 0 Å². The molecule has 0 fully saturated rings. The molecule has 0 amide bonds. The Labute approximate surface area is 616 Å². The fraction of sp³-hybridized carbons (Fsp3) is 0. The quantitative estimate of drug-likeness (QED) is 0.113. The average molecular weight is 1360 g/mol. The summed E-state index contributed by atoms with van der Waals surface area (Å²) >= 11 is 1.91. The van der Waals surface area contributed by atoms with Gasteiger partial charge in [0.2, 0.25) is 6.71 Å². The molecule has 0 saturated heterocycles. The lowest BCUT2D eigenvalue weighted by molar-refractivity contribution is 1.14. The summed E-state index contributed by atoms with van der Waals surface area (Å²) in [6, 6.07) is 144. The number of benzene rings is 16. The zero-order chi connectivity index (χ0) is 69.1. The van der Waals surface area contributed by atoms with E-state index in [-0.39, 0.29) is 13.4 Å². The van der Waals surface area contributed by atoms with Gasteiger partial charge in [0.25, 0.3) is 6.71 Å². The lowest BCUT2D eigenvalue weighted by atomic mass is 9.31. The first-order valence-electron chi connectivity index (χ1n) is 36.1. The van der Waals surface area contributed by atoms with E-state index in [2.05, 4.69) is 417 Å². The molecule has 17 aromatic rings. The highest BCUT2D eigenvalue weighted by Gasteiger charge is 2.48. The first kappa shape index (κ1) is 60.6. The van der Waals surface area contributed by atoms with E-state index in [9.17, 15) is 0 Å². The van der Waals surface area contributed by atoms with Crippen LogP contribution in [0.4, 0.5) is 85.3 Å². The molecule has 4 aliphatic heterocycles. The third-order valence-electron chi connectivity index (χ3n) is 21.7. The van der Waals surface area contributed by atoms with Gasteiger partial charge in [-0.05, 0) is 166 Å². The minimum absolute atomic E-state index is 0.171. The Morgan fingerprint density at radius 1 is 0.238 bits per heavy atom. The second-order valence-electron chi connectivity index (χ2n) is 27.5. The van der Waals surface area contributed by atoms with E-state index in [0.29, 0.717) is 0 Å². The fourth-order valence-corrected chi connectivity index (χ4v) is 18.6. The van der Waals surface area contributed by atoms with Crippen LogP contribution in [0.5, 0.6) is 0 Å². The van der Waals surface area contributed by atoms with Crippen LogP contribution < -0.4 is 57.3 Å². The first-order chi connectivity index (χ1) is 52.2. The predicted molar refractivity (Wildman–Crippen MR) is 445 cm³/mol. The van der Waals surface area contributed by atoms with Crippen molar-refractivity contribution < 1.29 is 0 Å². The average Bonchev–Trinajstić information content (AvgIpc) is 0.933. The van der Waals surface area contributed by atoms with Crippen LogP contribution in [0, 0.1) is 0 Å². The molecule has 0 bridgehead atoms. The van der Waals surface area contributed by atoms with Crippen molar-refractivity contribution >= 4 is 165 Å². The maximum absolute atomic E-state index is 2.66. The molecule has 105 heavy (non-hydrogen) atoms. The van der Waals surface area contributed by atoms with E-state index < -0.39 is 0 Å². The van der Waals surface area contributed by atoms with Crippen LogP contribution in [0.1, 0.15) is 0 Å². The lowest BCUT2D eigenvalue weighted by Crippen LogP contribution is -2.64. The molecule has 0 aliphatic carbocycles.